The van der Waals surface area contributed by atoms with Crippen molar-refractivity contribution in [3.05, 3.63) is 60.2 Å². The Morgan fingerprint density at radius 2 is 1.70 bits per heavy atom. The minimum absolute atomic E-state index is 0.191. The van der Waals surface area contributed by atoms with Gasteiger partial charge in [0.05, 0.1) is 0 Å². The summed E-state index contributed by atoms with van der Waals surface area (Å²) in [6, 6.07) is 17.2. The third-order valence-electron chi connectivity index (χ3n) is 2.89. The zero-order chi connectivity index (χ0) is 14.5. The quantitative estimate of drug-likeness (QED) is 0.508. The number of nitrogens with two attached hydrogens (primary N) is 1. The molecule has 0 aliphatic rings. The molecule has 0 aliphatic carbocycles. The summed E-state index contributed by atoms with van der Waals surface area (Å²) in [5, 5.41) is 7.64. The number of hydrogen-bond donors (Lipinski definition) is 2. The number of hydrogen-bond acceptors (Lipinski definition) is 3. The fraction of sp³-hybridized carbons (Fsp3) is 0.125. The zero-order valence-corrected chi connectivity index (χ0v) is 11.2. The molecular formula is C16H16N2O2. The molecule has 2 rings (SSSR count). The first kappa shape index (κ1) is 13.8. The van der Waals surface area contributed by atoms with Crippen molar-refractivity contribution in [3.63, 3.8) is 0 Å². The van der Waals surface area contributed by atoms with Crippen molar-refractivity contribution >= 4 is 11.8 Å². The summed E-state index contributed by atoms with van der Waals surface area (Å²) >= 11 is 0. The highest BCUT2D eigenvalue weighted by atomic mass is 16.5. The molecule has 0 saturated heterocycles. The lowest BCUT2D eigenvalue weighted by Gasteiger charge is -2.19. The lowest BCUT2D eigenvalue weighted by Crippen LogP contribution is -2.25. The fourth-order valence-corrected chi connectivity index (χ4v) is 2.07. The average molecular weight is 268 g/mol. The number of esters is 1. The lowest BCUT2D eigenvalue weighted by molar-refractivity contribution is -0.143. The Morgan fingerprint density at radius 3 is 2.30 bits per heavy atom. The minimum atomic E-state index is -0.857. The summed E-state index contributed by atoms with van der Waals surface area (Å²) in [7, 11) is 0. The van der Waals surface area contributed by atoms with Crippen molar-refractivity contribution in [2.24, 2.45) is 5.73 Å². The second kappa shape index (κ2) is 6.02. The van der Waals surface area contributed by atoms with Crippen LogP contribution in [-0.4, -0.2) is 11.8 Å². The normalized spacial score (nSPS) is 11.7. The molecule has 0 aromatic heterocycles. The SMILES string of the molecule is CC(=O)OC(C(=N)N)c1ccccc1-c1ccccc1. The molecule has 1 unspecified atom stereocenters. The zero-order valence-electron chi connectivity index (χ0n) is 11.2. The van der Waals surface area contributed by atoms with Crippen LogP contribution in [0.1, 0.15) is 18.6 Å². The van der Waals surface area contributed by atoms with E-state index in [1.165, 1.54) is 6.92 Å². The van der Waals surface area contributed by atoms with Crippen LogP contribution in [0.3, 0.4) is 0 Å². The third kappa shape index (κ3) is 3.03. The Labute approximate surface area is 117 Å². The number of carbonyl (C=O) groups is 1. The average Bonchev–Trinajstić information content (AvgIpc) is 2.45. The van der Waals surface area contributed by atoms with E-state index < -0.39 is 12.1 Å². The smallest absolute Gasteiger partial charge is 0.303 e. The Bertz CT molecular complexity index is 623. The number of rotatable bonds is 4. The molecule has 4 heteroatoms. The lowest BCUT2D eigenvalue weighted by atomic mass is 9.95. The first-order valence-electron chi connectivity index (χ1n) is 6.25. The van der Waals surface area contributed by atoms with E-state index in [0.717, 1.165) is 11.1 Å². The summed E-state index contributed by atoms with van der Waals surface area (Å²) in [5.74, 6) is -0.656. The molecular weight excluding hydrogens is 252 g/mol. The van der Waals surface area contributed by atoms with Crippen molar-refractivity contribution in [1.82, 2.24) is 0 Å². The molecule has 102 valence electrons. The number of amidine groups is 1. The van der Waals surface area contributed by atoms with Gasteiger partial charge in [-0.2, -0.15) is 0 Å². The largest absolute Gasteiger partial charge is 0.449 e. The van der Waals surface area contributed by atoms with Gasteiger partial charge in [0.15, 0.2) is 6.10 Å². The Balaban J connectivity index is 2.51. The molecule has 2 aromatic rings. The molecule has 4 nitrogen and oxygen atoms in total. The van der Waals surface area contributed by atoms with Gasteiger partial charge in [-0.05, 0) is 11.1 Å². The molecule has 0 saturated carbocycles. The second-order valence-electron chi connectivity index (χ2n) is 4.40. The predicted octanol–water partition coefficient (Wildman–Crippen LogP) is 2.89. The first-order valence-corrected chi connectivity index (χ1v) is 6.25. The summed E-state index contributed by atoms with van der Waals surface area (Å²) < 4.78 is 5.17. The van der Waals surface area contributed by atoms with Crippen molar-refractivity contribution in [1.29, 1.82) is 5.41 Å². The standard InChI is InChI=1S/C16H16N2O2/c1-11(19)20-15(16(17)18)14-10-6-5-9-13(14)12-7-3-2-4-8-12/h2-10,15H,1H3,(H3,17,18). The van der Waals surface area contributed by atoms with E-state index in [9.17, 15) is 4.79 Å². The molecule has 0 amide bonds. The molecule has 1 atom stereocenters. The summed E-state index contributed by atoms with van der Waals surface area (Å²) in [4.78, 5) is 11.2. The van der Waals surface area contributed by atoms with Gasteiger partial charge in [0.25, 0.3) is 0 Å². The van der Waals surface area contributed by atoms with Crippen LogP contribution >= 0.6 is 0 Å². The Hall–Kier alpha value is -2.62. The van der Waals surface area contributed by atoms with Crippen LogP contribution in [0.5, 0.6) is 0 Å². The molecule has 2 aromatic carbocycles. The van der Waals surface area contributed by atoms with E-state index in [1.807, 2.05) is 54.6 Å². The van der Waals surface area contributed by atoms with Crippen molar-refractivity contribution in [2.75, 3.05) is 0 Å². The molecule has 3 N–H and O–H groups in total. The van der Waals surface area contributed by atoms with E-state index in [0.29, 0.717) is 5.56 Å². The maximum atomic E-state index is 11.2. The highest BCUT2D eigenvalue weighted by Gasteiger charge is 2.21. The highest BCUT2D eigenvalue weighted by molar-refractivity contribution is 5.88. The van der Waals surface area contributed by atoms with Crippen LogP contribution in [0.4, 0.5) is 0 Å². The van der Waals surface area contributed by atoms with Crippen LogP contribution in [-0.2, 0) is 9.53 Å². The first-order chi connectivity index (χ1) is 9.59. The second-order valence-corrected chi connectivity index (χ2v) is 4.40. The van der Waals surface area contributed by atoms with Gasteiger partial charge in [-0.3, -0.25) is 10.2 Å². The van der Waals surface area contributed by atoms with E-state index in [-0.39, 0.29) is 5.84 Å². The molecule has 0 bridgehead atoms. The summed E-state index contributed by atoms with van der Waals surface area (Å²) in [5.41, 5.74) is 8.16. The number of benzene rings is 2. The van der Waals surface area contributed by atoms with Crippen LogP contribution in [0, 0.1) is 5.41 Å². The molecule has 0 spiro atoms. The van der Waals surface area contributed by atoms with Crippen molar-refractivity contribution < 1.29 is 9.53 Å². The van der Waals surface area contributed by atoms with E-state index >= 15 is 0 Å². The van der Waals surface area contributed by atoms with Crippen molar-refractivity contribution in [3.8, 4) is 11.1 Å². The van der Waals surface area contributed by atoms with Gasteiger partial charge in [-0.25, -0.2) is 0 Å². The van der Waals surface area contributed by atoms with Crippen LogP contribution in [0.15, 0.2) is 54.6 Å². The van der Waals surface area contributed by atoms with Gasteiger partial charge in [0.1, 0.15) is 5.84 Å². The molecule has 0 heterocycles. The van der Waals surface area contributed by atoms with Gasteiger partial charge in [-0.1, -0.05) is 54.6 Å². The van der Waals surface area contributed by atoms with E-state index in [4.69, 9.17) is 15.9 Å². The maximum Gasteiger partial charge on any atom is 0.303 e. The van der Waals surface area contributed by atoms with Gasteiger partial charge >= 0.3 is 5.97 Å². The number of nitrogens with one attached hydrogen (secondary N) is 1. The van der Waals surface area contributed by atoms with Crippen LogP contribution < -0.4 is 5.73 Å². The van der Waals surface area contributed by atoms with Crippen molar-refractivity contribution in [2.45, 2.75) is 13.0 Å². The monoisotopic (exact) mass is 268 g/mol. The molecule has 20 heavy (non-hydrogen) atoms. The minimum Gasteiger partial charge on any atom is -0.449 e. The van der Waals surface area contributed by atoms with E-state index in [2.05, 4.69) is 0 Å². The predicted molar refractivity (Wildman–Crippen MR) is 78.3 cm³/mol. The number of ether oxygens (including phenoxy) is 1. The molecule has 0 aliphatic heterocycles. The molecule has 0 fully saturated rings. The number of carbonyl (C=O) groups excluding carboxylic acids is 1. The van der Waals surface area contributed by atoms with Gasteiger partial charge in [-0.15, -0.1) is 0 Å². The Morgan fingerprint density at radius 1 is 1.10 bits per heavy atom. The maximum absolute atomic E-state index is 11.2. The van der Waals surface area contributed by atoms with Gasteiger partial charge < -0.3 is 10.5 Å². The van der Waals surface area contributed by atoms with Gasteiger partial charge in [0.2, 0.25) is 0 Å². The Kier molecular flexibility index (Phi) is 4.15. The van der Waals surface area contributed by atoms with E-state index in [1.54, 1.807) is 0 Å². The summed E-state index contributed by atoms with van der Waals surface area (Å²) in [6.07, 6.45) is -0.857. The van der Waals surface area contributed by atoms with Crippen LogP contribution in [0.2, 0.25) is 0 Å². The van der Waals surface area contributed by atoms with Crippen LogP contribution in [0.25, 0.3) is 11.1 Å². The summed E-state index contributed by atoms with van der Waals surface area (Å²) in [6.45, 7) is 1.31. The fourth-order valence-electron chi connectivity index (χ4n) is 2.07. The van der Waals surface area contributed by atoms with Gasteiger partial charge in [0, 0.05) is 12.5 Å². The third-order valence-corrected chi connectivity index (χ3v) is 2.89. The molecule has 0 radical (unpaired) electrons. The topological polar surface area (TPSA) is 76.2 Å². The highest BCUT2D eigenvalue weighted by Crippen LogP contribution is 2.30.